The van der Waals surface area contributed by atoms with Crippen molar-refractivity contribution in [2.45, 2.75) is 52.6 Å². The summed E-state index contributed by atoms with van der Waals surface area (Å²) in [5, 5.41) is 0.642. The maximum Gasteiger partial charge on any atom is 0.183 e. The molecule has 4 heteroatoms. The second-order valence-electron chi connectivity index (χ2n) is 3.37. The SMILES string of the molecule is CCC(C)N(C(=S)NN)C(C)CC. The summed E-state index contributed by atoms with van der Waals surface area (Å²) in [6, 6.07) is 0.886. The van der Waals surface area contributed by atoms with Crippen LogP contribution in [0, 0.1) is 0 Å². The van der Waals surface area contributed by atoms with Crippen molar-refractivity contribution in [3.63, 3.8) is 0 Å². The van der Waals surface area contributed by atoms with Crippen LogP contribution in [0.5, 0.6) is 0 Å². The van der Waals surface area contributed by atoms with E-state index in [0.717, 1.165) is 12.8 Å². The van der Waals surface area contributed by atoms with Crippen molar-refractivity contribution in [1.82, 2.24) is 10.3 Å². The summed E-state index contributed by atoms with van der Waals surface area (Å²) in [6.45, 7) is 8.63. The minimum absolute atomic E-state index is 0.443. The third-order valence-electron chi connectivity index (χ3n) is 2.49. The molecule has 0 amide bonds. The Hall–Kier alpha value is -0.350. The molecule has 0 aliphatic heterocycles. The van der Waals surface area contributed by atoms with Gasteiger partial charge >= 0.3 is 0 Å². The van der Waals surface area contributed by atoms with E-state index in [1.807, 2.05) is 0 Å². The number of rotatable bonds is 4. The summed E-state index contributed by atoms with van der Waals surface area (Å²) in [6.07, 6.45) is 2.15. The summed E-state index contributed by atoms with van der Waals surface area (Å²) < 4.78 is 0. The second-order valence-corrected chi connectivity index (χ2v) is 3.76. The minimum Gasteiger partial charge on any atom is -0.343 e. The predicted octanol–water partition coefficient (Wildman–Crippen LogP) is 1.63. The molecule has 0 aromatic rings. The van der Waals surface area contributed by atoms with Gasteiger partial charge in [-0.15, -0.1) is 0 Å². The first kappa shape index (κ1) is 12.7. The third-order valence-corrected chi connectivity index (χ3v) is 2.82. The molecule has 0 aliphatic rings. The zero-order valence-corrected chi connectivity index (χ0v) is 9.82. The molecule has 3 N–H and O–H groups in total. The Bertz CT molecular complexity index is 151. The molecular formula is C9H21N3S. The lowest BCUT2D eigenvalue weighted by Crippen LogP contribution is -2.51. The average molecular weight is 203 g/mol. The highest BCUT2D eigenvalue weighted by atomic mass is 32.1. The number of thiocarbonyl (C=S) groups is 1. The second kappa shape index (κ2) is 6.16. The van der Waals surface area contributed by atoms with E-state index in [1.54, 1.807) is 0 Å². The molecule has 2 atom stereocenters. The van der Waals surface area contributed by atoms with Gasteiger partial charge in [0.1, 0.15) is 0 Å². The van der Waals surface area contributed by atoms with Crippen molar-refractivity contribution >= 4 is 17.3 Å². The molecule has 0 heterocycles. The van der Waals surface area contributed by atoms with Crippen LogP contribution in [0.2, 0.25) is 0 Å². The fraction of sp³-hybridized carbons (Fsp3) is 0.889. The van der Waals surface area contributed by atoms with Crippen LogP contribution in [-0.4, -0.2) is 22.1 Å². The highest BCUT2D eigenvalue weighted by Gasteiger charge is 2.19. The van der Waals surface area contributed by atoms with Crippen molar-refractivity contribution in [3.05, 3.63) is 0 Å². The standard InChI is InChI=1S/C9H21N3S/c1-5-7(3)12(8(4)6-2)9(13)11-10/h7-8H,5-6,10H2,1-4H3,(H,11,13). The lowest BCUT2D eigenvalue weighted by molar-refractivity contribution is 0.248. The van der Waals surface area contributed by atoms with E-state index in [4.69, 9.17) is 18.1 Å². The molecule has 0 radical (unpaired) electrons. The minimum atomic E-state index is 0.443. The van der Waals surface area contributed by atoms with E-state index >= 15 is 0 Å². The zero-order valence-electron chi connectivity index (χ0n) is 9.00. The number of nitrogens with two attached hydrogens (primary N) is 1. The number of hydrogen-bond donors (Lipinski definition) is 2. The van der Waals surface area contributed by atoms with E-state index in [0.29, 0.717) is 17.2 Å². The van der Waals surface area contributed by atoms with Crippen molar-refractivity contribution < 1.29 is 0 Å². The van der Waals surface area contributed by atoms with Crippen LogP contribution in [0.1, 0.15) is 40.5 Å². The Morgan fingerprint density at radius 3 is 1.92 bits per heavy atom. The summed E-state index contributed by atoms with van der Waals surface area (Å²) in [5.74, 6) is 5.33. The molecule has 0 aliphatic carbocycles. The molecule has 3 nitrogen and oxygen atoms in total. The van der Waals surface area contributed by atoms with E-state index in [9.17, 15) is 0 Å². The Morgan fingerprint density at radius 1 is 1.31 bits per heavy atom. The van der Waals surface area contributed by atoms with Crippen molar-refractivity contribution in [2.24, 2.45) is 5.84 Å². The molecule has 13 heavy (non-hydrogen) atoms. The van der Waals surface area contributed by atoms with E-state index in [2.05, 4.69) is 38.0 Å². The molecule has 2 unspecified atom stereocenters. The zero-order chi connectivity index (χ0) is 10.4. The third kappa shape index (κ3) is 3.48. The van der Waals surface area contributed by atoms with Gasteiger partial charge in [-0.3, -0.25) is 0 Å². The van der Waals surface area contributed by atoms with Crippen LogP contribution in [0.3, 0.4) is 0 Å². The summed E-state index contributed by atoms with van der Waals surface area (Å²) >= 11 is 5.15. The van der Waals surface area contributed by atoms with Crippen LogP contribution in [-0.2, 0) is 0 Å². The van der Waals surface area contributed by atoms with Gasteiger partial charge in [0.2, 0.25) is 0 Å². The number of nitrogens with zero attached hydrogens (tertiary/aromatic N) is 1. The van der Waals surface area contributed by atoms with Gasteiger partial charge in [0.15, 0.2) is 5.11 Å². The topological polar surface area (TPSA) is 41.3 Å². The summed E-state index contributed by atoms with van der Waals surface area (Å²) in [7, 11) is 0. The number of nitrogens with one attached hydrogen (secondary N) is 1. The fourth-order valence-corrected chi connectivity index (χ4v) is 1.66. The van der Waals surface area contributed by atoms with Gasteiger partial charge in [-0.2, -0.15) is 0 Å². The van der Waals surface area contributed by atoms with E-state index in [1.165, 1.54) is 0 Å². The van der Waals surface area contributed by atoms with Gasteiger partial charge in [0.25, 0.3) is 0 Å². The van der Waals surface area contributed by atoms with Gasteiger partial charge in [0, 0.05) is 12.1 Å². The molecule has 0 bridgehead atoms. The molecular weight excluding hydrogens is 182 g/mol. The quantitative estimate of drug-likeness (QED) is 0.414. The average Bonchev–Trinajstić information content (AvgIpc) is 2.16. The largest absolute Gasteiger partial charge is 0.343 e. The van der Waals surface area contributed by atoms with Crippen LogP contribution in [0.15, 0.2) is 0 Å². The van der Waals surface area contributed by atoms with E-state index < -0.39 is 0 Å². The Kier molecular flexibility index (Phi) is 5.99. The summed E-state index contributed by atoms with van der Waals surface area (Å²) in [4.78, 5) is 2.16. The highest BCUT2D eigenvalue weighted by Crippen LogP contribution is 2.11. The summed E-state index contributed by atoms with van der Waals surface area (Å²) in [5.41, 5.74) is 2.55. The van der Waals surface area contributed by atoms with Crippen LogP contribution < -0.4 is 11.3 Å². The fourth-order valence-electron chi connectivity index (χ4n) is 1.30. The van der Waals surface area contributed by atoms with E-state index in [-0.39, 0.29) is 0 Å². The maximum atomic E-state index is 5.33. The van der Waals surface area contributed by atoms with Crippen LogP contribution in [0.4, 0.5) is 0 Å². The molecule has 0 saturated heterocycles. The normalized spacial score (nSPS) is 14.8. The van der Waals surface area contributed by atoms with Gasteiger partial charge in [0.05, 0.1) is 0 Å². The lowest BCUT2D eigenvalue weighted by atomic mass is 10.1. The van der Waals surface area contributed by atoms with Gasteiger partial charge in [-0.25, -0.2) is 5.84 Å². The van der Waals surface area contributed by atoms with Crippen molar-refractivity contribution in [1.29, 1.82) is 0 Å². The Labute approximate surface area is 86.6 Å². The Balaban J connectivity index is 4.44. The number of hydrazine groups is 1. The van der Waals surface area contributed by atoms with Gasteiger partial charge in [-0.05, 0) is 38.9 Å². The first-order chi connectivity index (χ1) is 6.08. The maximum absolute atomic E-state index is 5.33. The van der Waals surface area contributed by atoms with Crippen molar-refractivity contribution in [3.8, 4) is 0 Å². The first-order valence-corrected chi connectivity index (χ1v) is 5.28. The lowest BCUT2D eigenvalue weighted by Gasteiger charge is -2.35. The monoisotopic (exact) mass is 203 g/mol. The highest BCUT2D eigenvalue weighted by molar-refractivity contribution is 7.80. The van der Waals surface area contributed by atoms with Crippen LogP contribution >= 0.6 is 12.2 Å². The predicted molar refractivity (Wildman–Crippen MR) is 61.3 cm³/mol. The molecule has 0 fully saturated rings. The number of hydrogen-bond acceptors (Lipinski definition) is 2. The van der Waals surface area contributed by atoms with Crippen molar-refractivity contribution in [2.75, 3.05) is 0 Å². The molecule has 78 valence electrons. The molecule has 0 rings (SSSR count). The molecule has 0 aromatic heterocycles. The smallest absolute Gasteiger partial charge is 0.183 e. The van der Waals surface area contributed by atoms with Crippen LogP contribution in [0.25, 0.3) is 0 Å². The first-order valence-electron chi connectivity index (χ1n) is 4.87. The van der Waals surface area contributed by atoms with Gasteiger partial charge in [-0.1, -0.05) is 13.8 Å². The van der Waals surface area contributed by atoms with Gasteiger partial charge < -0.3 is 10.3 Å². The molecule has 0 saturated carbocycles. The molecule has 0 spiro atoms. The Morgan fingerprint density at radius 2 is 1.69 bits per heavy atom. The molecule has 0 aromatic carbocycles.